The normalized spacial score (nSPS) is 13.5. The van der Waals surface area contributed by atoms with Crippen LogP contribution in [-0.4, -0.2) is 5.71 Å². The molecule has 1 aliphatic heterocycles. The fourth-order valence-electron chi connectivity index (χ4n) is 3.27. The van der Waals surface area contributed by atoms with Crippen molar-refractivity contribution in [3.63, 3.8) is 0 Å². The predicted octanol–water partition coefficient (Wildman–Crippen LogP) is 8.20. The second-order valence-corrected chi connectivity index (χ2v) is 10.0. The highest BCUT2D eigenvalue weighted by atomic mass is 14.8. The summed E-state index contributed by atoms with van der Waals surface area (Å²) in [7, 11) is 0. The number of hydrogen-bond acceptors (Lipinski definition) is 1. The molecule has 0 unspecified atom stereocenters. The number of aliphatic imine (C=N–C) groups is 1. The average molecular weight is 378 g/mol. The molecule has 2 aromatic rings. The molecule has 0 saturated carbocycles. The molecule has 152 valence electrons. The van der Waals surface area contributed by atoms with Crippen LogP contribution in [0.1, 0.15) is 96.4 Å². The zero-order chi connectivity index (χ0) is 21.1. The summed E-state index contributed by atoms with van der Waals surface area (Å²) in [5.41, 5.74) is 8.35. The maximum Gasteiger partial charge on any atom is 0.0668 e. The Labute approximate surface area is 173 Å². The van der Waals surface area contributed by atoms with Gasteiger partial charge in [0.25, 0.3) is 0 Å². The fourth-order valence-corrected chi connectivity index (χ4v) is 3.27. The van der Waals surface area contributed by atoms with E-state index in [2.05, 4.69) is 105 Å². The van der Waals surface area contributed by atoms with Crippen LogP contribution >= 0.6 is 0 Å². The van der Waals surface area contributed by atoms with Crippen LogP contribution in [0.4, 0.5) is 5.69 Å². The van der Waals surface area contributed by atoms with Gasteiger partial charge in [-0.05, 0) is 51.5 Å². The second-order valence-electron chi connectivity index (χ2n) is 10.0. The van der Waals surface area contributed by atoms with Gasteiger partial charge in [0.2, 0.25) is 0 Å². The average Bonchev–Trinajstić information content (AvgIpc) is 3.05. The SMILES string of the molecule is CC(C)C1=Nc2cc(C(C)(C)C)ccc2C1.CC(C)c1ccc(C(C)C)cc1. The lowest BCUT2D eigenvalue weighted by atomic mass is 9.86. The van der Waals surface area contributed by atoms with Crippen LogP contribution in [0, 0.1) is 5.92 Å². The van der Waals surface area contributed by atoms with Gasteiger partial charge < -0.3 is 0 Å². The van der Waals surface area contributed by atoms with Crippen molar-refractivity contribution in [1.29, 1.82) is 0 Å². The summed E-state index contributed by atoms with van der Waals surface area (Å²) in [6, 6.07) is 15.7. The minimum atomic E-state index is 0.213. The lowest BCUT2D eigenvalue weighted by molar-refractivity contribution is 0.590. The molecule has 1 heterocycles. The molecule has 0 spiro atoms. The van der Waals surface area contributed by atoms with Crippen molar-refractivity contribution in [2.45, 2.75) is 86.0 Å². The third kappa shape index (κ3) is 5.80. The van der Waals surface area contributed by atoms with Crippen molar-refractivity contribution in [3.8, 4) is 0 Å². The molecule has 0 aliphatic carbocycles. The summed E-state index contributed by atoms with van der Waals surface area (Å²) in [5, 5.41) is 0. The van der Waals surface area contributed by atoms with Gasteiger partial charge in [-0.2, -0.15) is 0 Å². The first-order chi connectivity index (χ1) is 13.0. The summed E-state index contributed by atoms with van der Waals surface area (Å²) < 4.78 is 0. The van der Waals surface area contributed by atoms with Crippen LogP contribution in [0.3, 0.4) is 0 Å². The molecule has 1 aliphatic rings. The highest BCUT2D eigenvalue weighted by Crippen LogP contribution is 2.33. The molecule has 0 N–H and O–H groups in total. The highest BCUT2D eigenvalue weighted by Gasteiger charge is 2.20. The zero-order valence-corrected chi connectivity index (χ0v) is 19.4. The van der Waals surface area contributed by atoms with E-state index in [1.807, 2.05) is 0 Å². The Morgan fingerprint density at radius 2 is 1.21 bits per heavy atom. The summed E-state index contributed by atoms with van der Waals surface area (Å²) in [4.78, 5) is 4.74. The molecule has 1 nitrogen and oxygen atoms in total. The monoisotopic (exact) mass is 377 g/mol. The Morgan fingerprint density at radius 3 is 1.61 bits per heavy atom. The van der Waals surface area contributed by atoms with Crippen molar-refractivity contribution in [2.24, 2.45) is 10.9 Å². The highest BCUT2D eigenvalue weighted by molar-refractivity contribution is 5.95. The number of benzene rings is 2. The van der Waals surface area contributed by atoms with Gasteiger partial charge in [0.15, 0.2) is 0 Å². The molecule has 1 heteroatoms. The molecule has 2 aromatic carbocycles. The van der Waals surface area contributed by atoms with Gasteiger partial charge >= 0.3 is 0 Å². The predicted molar refractivity (Wildman–Crippen MR) is 125 cm³/mol. The van der Waals surface area contributed by atoms with Gasteiger partial charge in [-0.25, -0.2) is 0 Å². The molecule has 0 radical (unpaired) electrons. The molecule has 0 fully saturated rings. The van der Waals surface area contributed by atoms with E-state index in [1.165, 1.54) is 33.7 Å². The van der Waals surface area contributed by atoms with Crippen molar-refractivity contribution < 1.29 is 0 Å². The molecule has 0 amide bonds. The van der Waals surface area contributed by atoms with E-state index in [9.17, 15) is 0 Å². The summed E-state index contributed by atoms with van der Waals surface area (Å²) in [5.74, 6) is 1.85. The minimum absolute atomic E-state index is 0.213. The molecule has 28 heavy (non-hydrogen) atoms. The Morgan fingerprint density at radius 1 is 0.714 bits per heavy atom. The largest absolute Gasteiger partial charge is 0.257 e. The molecule has 0 saturated heterocycles. The van der Waals surface area contributed by atoms with E-state index in [4.69, 9.17) is 4.99 Å². The molecule has 3 rings (SSSR count). The smallest absolute Gasteiger partial charge is 0.0668 e. The molecule has 0 bridgehead atoms. The summed E-state index contributed by atoms with van der Waals surface area (Å²) in [6.45, 7) is 20.1. The topological polar surface area (TPSA) is 12.4 Å². The lowest BCUT2D eigenvalue weighted by Crippen LogP contribution is -2.10. The van der Waals surface area contributed by atoms with Gasteiger partial charge in [-0.1, -0.05) is 98.7 Å². The number of fused-ring (bicyclic) bond motifs is 1. The molecular weight excluding hydrogens is 338 g/mol. The summed E-state index contributed by atoms with van der Waals surface area (Å²) >= 11 is 0. The van der Waals surface area contributed by atoms with Crippen molar-refractivity contribution >= 4 is 11.4 Å². The van der Waals surface area contributed by atoms with Crippen LogP contribution in [0.15, 0.2) is 47.5 Å². The second kappa shape index (κ2) is 9.07. The molecule has 0 aromatic heterocycles. The van der Waals surface area contributed by atoms with E-state index in [1.54, 1.807) is 0 Å². The standard InChI is InChI=1S/C15H21N.C12H18/c1-10(2)13-8-11-6-7-12(15(3,4)5)9-14(11)16-13;1-9(2)11-5-7-12(8-6-11)10(3)4/h6-7,9-10H,8H2,1-5H3;5-10H,1-4H3. The number of rotatable bonds is 3. The summed E-state index contributed by atoms with van der Waals surface area (Å²) in [6.07, 6.45) is 1.04. The number of nitrogens with zero attached hydrogens (tertiary/aromatic N) is 1. The first kappa shape index (κ1) is 22.4. The maximum absolute atomic E-state index is 4.74. The van der Waals surface area contributed by atoms with E-state index < -0.39 is 0 Å². The van der Waals surface area contributed by atoms with E-state index in [0.717, 1.165) is 6.42 Å². The molecular formula is C27H39N. The minimum Gasteiger partial charge on any atom is -0.257 e. The van der Waals surface area contributed by atoms with Crippen molar-refractivity contribution in [1.82, 2.24) is 0 Å². The quantitative estimate of drug-likeness (QED) is 0.511. The van der Waals surface area contributed by atoms with Crippen LogP contribution < -0.4 is 0 Å². The Balaban J connectivity index is 0.000000209. The van der Waals surface area contributed by atoms with Gasteiger partial charge in [0.05, 0.1) is 5.69 Å². The zero-order valence-electron chi connectivity index (χ0n) is 19.4. The first-order valence-corrected chi connectivity index (χ1v) is 10.8. The maximum atomic E-state index is 4.74. The Bertz CT molecular complexity index is 772. The molecule has 0 atom stereocenters. The van der Waals surface area contributed by atoms with Gasteiger partial charge in [0.1, 0.15) is 0 Å². The Kier molecular flexibility index (Phi) is 7.26. The van der Waals surface area contributed by atoms with Crippen LogP contribution in [-0.2, 0) is 11.8 Å². The van der Waals surface area contributed by atoms with E-state index in [0.29, 0.717) is 17.8 Å². The lowest BCUT2D eigenvalue weighted by Gasteiger charge is -2.19. The van der Waals surface area contributed by atoms with Gasteiger partial charge in [0, 0.05) is 12.1 Å². The van der Waals surface area contributed by atoms with Crippen LogP contribution in [0.2, 0.25) is 0 Å². The number of hydrogen-bond donors (Lipinski definition) is 0. The van der Waals surface area contributed by atoms with Crippen LogP contribution in [0.25, 0.3) is 0 Å². The van der Waals surface area contributed by atoms with Gasteiger partial charge in [-0.15, -0.1) is 0 Å². The third-order valence-electron chi connectivity index (χ3n) is 5.52. The van der Waals surface area contributed by atoms with Gasteiger partial charge in [-0.3, -0.25) is 4.99 Å². The van der Waals surface area contributed by atoms with Crippen molar-refractivity contribution in [3.05, 3.63) is 64.7 Å². The third-order valence-corrected chi connectivity index (χ3v) is 5.52. The Hall–Kier alpha value is -1.89. The van der Waals surface area contributed by atoms with Crippen molar-refractivity contribution in [2.75, 3.05) is 0 Å². The fraction of sp³-hybridized carbons (Fsp3) is 0.519. The van der Waals surface area contributed by atoms with E-state index in [-0.39, 0.29) is 5.41 Å². The van der Waals surface area contributed by atoms with E-state index >= 15 is 0 Å². The first-order valence-electron chi connectivity index (χ1n) is 10.8. The van der Waals surface area contributed by atoms with Crippen LogP contribution in [0.5, 0.6) is 0 Å².